The highest BCUT2D eigenvalue weighted by atomic mass is 35.5. The number of hydrogen-bond acceptors (Lipinski definition) is 3. The van der Waals surface area contributed by atoms with Crippen molar-refractivity contribution in [2.75, 3.05) is 6.61 Å². The summed E-state index contributed by atoms with van der Waals surface area (Å²) in [4.78, 5) is 27.3. The molecule has 2 aromatic carbocycles. The maximum Gasteiger partial charge on any atom is 0.261 e. The normalized spacial score (nSPS) is 15.0. The molecule has 1 aliphatic rings. The molecule has 0 heterocycles. The van der Waals surface area contributed by atoms with Gasteiger partial charge in [0.15, 0.2) is 6.61 Å². The van der Waals surface area contributed by atoms with E-state index in [-0.39, 0.29) is 31.0 Å². The lowest BCUT2D eigenvalue weighted by atomic mass is 10.1. The molecule has 29 heavy (non-hydrogen) atoms. The van der Waals surface area contributed by atoms with Gasteiger partial charge in [-0.3, -0.25) is 9.59 Å². The van der Waals surface area contributed by atoms with Gasteiger partial charge in [0.25, 0.3) is 5.91 Å². The number of para-hydroxylation sites is 1. The second kappa shape index (κ2) is 10.3. The predicted molar refractivity (Wildman–Crippen MR) is 114 cm³/mol. The zero-order chi connectivity index (χ0) is 20.6. The van der Waals surface area contributed by atoms with E-state index in [1.165, 1.54) is 4.90 Å². The monoisotopic (exact) mass is 414 g/mol. The van der Waals surface area contributed by atoms with Crippen molar-refractivity contribution in [3.63, 3.8) is 0 Å². The molecule has 0 aromatic heterocycles. The van der Waals surface area contributed by atoms with Gasteiger partial charge in [0, 0.05) is 17.6 Å². The minimum Gasteiger partial charge on any atom is -0.484 e. The average Bonchev–Trinajstić information content (AvgIpc) is 3.24. The summed E-state index contributed by atoms with van der Waals surface area (Å²) in [6, 6.07) is 16.1. The first kappa shape index (κ1) is 21.2. The van der Waals surface area contributed by atoms with Crippen LogP contribution in [-0.4, -0.2) is 35.4 Å². The molecule has 1 atom stereocenters. The highest BCUT2D eigenvalue weighted by Gasteiger charge is 2.29. The van der Waals surface area contributed by atoms with Crippen LogP contribution in [0.3, 0.4) is 0 Å². The lowest BCUT2D eigenvalue weighted by Crippen LogP contribution is -2.50. The SMILES string of the molecule is CC(C(=O)NC1CCCC1)N(Cc1ccccc1Cl)C(=O)COc1ccccc1. The third-order valence-corrected chi connectivity index (χ3v) is 5.64. The van der Waals surface area contributed by atoms with Gasteiger partial charge in [-0.25, -0.2) is 0 Å². The van der Waals surface area contributed by atoms with Crippen LogP contribution in [0, 0.1) is 0 Å². The second-order valence-corrected chi connectivity index (χ2v) is 7.79. The molecule has 1 unspecified atom stereocenters. The Labute approximate surface area is 177 Å². The standard InChI is InChI=1S/C23H27ClN2O3/c1-17(23(28)25-19-10-6-7-11-19)26(15-18-9-5-8-14-21(18)24)22(27)16-29-20-12-3-2-4-13-20/h2-5,8-9,12-14,17,19H,6-7,10-11,15-16H2,1H3,(H,25,28). The maximum atomic E-state index is 13.0. The fourth-order valence-corrected chi connectivity index (χ4v) is 3.72. The number of carbonyl (C=O) groups excluding carboxylic acids is 2. The van der Waals surface area contributed by atoms with E-state index in [1.54, 1.807) is 25.1 Å². The molecule has 0 bridgehead atoms. The van der Waals surface area contributed by atoms with Crippen molar-refractivity contribution in [2.45, 2.75) is 51.2 Å². The van der Waals surface area contributed by atoms with Crippen LogP contribution in [0.4, 0.5) is 0 Å². The predicted octanol–water partition coefficient (Wildman–Crippen LogP) is 4.19. The van der Waals surface area contributed by atoms with Crippen LogP contribution in [0.1, 0.15) is 38.2 Å². The van der Waals surface area contributed by atoms with Gasteiger partial charge in [0.05, 0.1) is 0 Å². The summed E-state index contributed by atoms with van der Waals surface area (Å²) in [7, 11) is 0. The molecule has 2 aromatic rings. The van der Waals surface area contributed by atoms with Crippen molar-refractivity contribution < 1.29 is 14.3 Å². The molecule has 1 aliphatic carbocycles. The van der Waals surface area contributed by atoms with Gasteiger partial charge >= 0.3 is 0 Å². The van der Waals surface area contributed by atoms with Crippen LogP contribution in [0.25, 0.3) is 0 Å². The van der Waals surface area contributed by atoms with Gasteiger partial charge in [0.1, 0.15) is 11.8 Å². The van der Waals surface area contributed by atoms with E-state index in [0.717, 1.165) is 31.2 Å². The molecule has 0 spiro atoms. The minimum absolute atomic E-state index is 0.142. The van der Waals surface area contributed by atoms with E-state index in [2.05, 4.69) is 5.32 Å². The fraction of sp³-hybridized carbons (Fsp3) is 0.391. The van der Waals surface area contributed by atoms with Crippen molar-refractivity contribution in [2.24, 2.45) is 0 Å². The quantitative estimate of drug-likeness (QED) is 0.704. The number of nitrogens with zero attached hydrogens (tertiary/aromatic N) is 1. The molecule has 1 saturated carbocycles. The Hall–Kier alpha value is -2.53. The minimum atomic E-state index is -0.626. The van der Waals surface area contributed by atoms with Crippen molar-refractivity contribution in [3.05, 3.63) is 65.2 Å². The number of benzene rings is 2. The first-order chi connectivity index (χ1) is 14.0. The van der Waals surface area contributed by atoms with Crippen molar-refractivity contribution in [3.8, 4) is 5.75 Å². The Balaban J connectivity index is 1.71. The van der Waals surface area contributed by atoms with E-state index in [0.29, 0.717) is 10.8 Å². The Morgan fingerprint density at radius 2 is 1.76 bits per heavy atom. The Morgan fingerprint density at radius 3 is 2.45 bits per heavy atom. The van der Waals surface area contributed by atoms with Gasteiger partial charge < -0.3 is 15.0 Å². The van der Waals surface area contributed by atoms with Crippen LogP contribution in [0.2, 0.25) is 5.02 Å². The first-order valence-corrected chi connectivity index (χ1v) is 10.4. The summed E-state index contributed by atoms with van der Waals surface area (Å²) in [6.45, 7) is 1.85. The zero-order valence-electron chi connectivity index (χ0n) is 16.6. The molecule has 1 N–H and O–H groups in total. The lowest BCUT2D eigenvalue weighted by Gasteiger charge is -2.30. The van der Waals surface area contributed by atoms with Gasteiger partial charge in [-0.15, -0.1) is 0 Å². The van der Waals surface area contributed by atoms with E-state index >= 15 is 0 Å². The summed E-state index contributed by atoms with van der Waals surface area (Å²) in [6.07, 6.45) is 4.25. The van der Waals surface area contributed by atoms with Crippen molar-refractivity contribution in [1.82, 2.24) is 10.2 Å². The second-order valence-electron chi connectivity index (χ2n) is 7.38. The number of amides is 2. The van der Waals surface area contributed by atoms with Crippen LogP contribution in [-0.2, 0) is 16.1 Å². The van der Waals surface area contributed by atoms with Gasteiger partial charge in [0.2, 0.25) is 5.91 Å². The van der Waals surface area contributed by atoms with Gasteiger partial charge in [-0.1, -0.05) is 60.8 Å². The van der Waals surface area contributed by atoms with Crippen LogP contribution in [0.5, 0.6) is 5.75 Å². The molecule has 0 saturated heterocycles. The van der Waals surface area contributed by atoms with Gasteiger partial charge in [-0.05, 0) is 43.5 Å². The highest BCUT2D eigenvalue weighted by molar-refractivity contribution is 6.31. The van der Waals surface area contributed by atoms with Crippen molar-refractivity contribution in [1.29, 1.82) is 0 Å². The molecule has 5 nitrogen and oxygen atoms in total. The molecule has 0 radical (unpaired) electrons. The lowest BCUT2D eigenvalue weighted by molar-refractivity contribution is -0.142. The molecule has 3 rings (SSSR count). The summed E-state index contributed by atoms with van der Waals surface area (Å²) in [5.41, 5.74) is 0.794. The third-order valence-electron chi connectivity index (χ3n) is 5.27. The molecule has 6 heteroatoms. The number of ether oxygens (including phenoxy) is 1. The highest BCUT2D eigenvalue weighted by Crippen LogP contribution is 2.21. The molecular formula is C23H27ClN2O3. The Bertz CT molecular complexity index is 822. The molecule has 2 amide bonds. The molecule has 1 fully saturated rings. The van der Waals surface area contributed by atoms with E-state index in [9.17, 15) is 9.59 Å². The molecular weight excluding hydrogens is 388 g/mol. The number of nitrogens with one attached hydrogen (secondary N) is 1. The number of hydrogen-bond donors (Lipinski definition) is 1. The van der Waals surface area contributed by atoms with E-state index in [4.69, 9.17) is 16.3 Å². The summed E-state index contributed by atoms with van der Waals surface area (Å²) in [5.74, 6) is 0.210. The first-order valence-electron chi connectivity index (χ1n) is 10.1. The number of rotatable bonds is 8. The van der Waals surface area contributed by atoms with E-state index in [1.807, 2.05) is 36.4 Å². The summed E-state index contributed by atoms with van der Waals surface area (Å²) in [5, 5.41) is 3.65. The maximum absolute atomic E-state index is 13.0. The van der Waals surface area contributed by atoms with Crippen molar-refractivity contribution >= 4 is 23.4 Å². The largest absolute Gasteiger partial charge is 0.484 e. The Kier molecular flexibility index (Phi) is 7.53. The molecule has 0 aliphatic heterocycles. The smallest absolute Gasteiger partial charge is 0.261 e. The average molecular weight is 415 g/mol. The third kappa shape index (κ3) is 5.97. The summed E-state index contributed by atoms with van der Waals surface area (Å²) >= 11 is 6.30. The number of halogens is 1. The Morgan fingerprint density at radius 1 is 1.10 bits per heavy atom. The molecule has 154 valence electrons. The van der Waals surface area contributed by atoms with Gasteiger partial charge in [-0.2, -0.15) is 0 Å². The zero-order valence-corrected chi connectivity index (χ0v) is 17.4. The summed E-state index contributed by atoms with van der Waals surface area (Å²) < 4.78 is 5.62. The van der Waals surface area contributed by atoms with Crippen LogP contribution in [0.15, 0.2) is 54.6 Å². The van der Waals surface area contributed by atoms with Crippen LogP contribution < -0.4 is 10.1 Å². The topological polar surface area (TPSA) is 58.6 Å². The number of carbonyl (C=O) groups is 2. The van der Waals surface area contributed by atoms with Crippen LogP contribution >= 0.6 is 11.6 Å². The van der Waals surface area contributed by atoms with E-state index < -0.39 is 6.04 Å². The fourth-order valence-electron chi connectivity index (χ4n) is 3.53.